The van der Waals surface area contributed by atoms with Crippen molar-refractivity contribution in [3.8, 4) is 0 Å². The summed E-state index contributed by atoms with van der Waals surface area (Å²) in [7, 11) is 0. The fourth-order valence-corrected chi connectivity index (χ4v) is 3.50. The fraction of sp³-hybridized carbons (Fsp3) is 0.133. The van der Waals surface area contributed by atoms with E-state index in [0.29, 0.717) is 21.5 Å². The molecule has 2 aromatic carbocycles. The van der Waals surface area contributed by atoms with Crippen LogP contribution in [0, 0.1) is 0 Å². The van der Waals surface area contributed by atoms with Crippen LogP contribution in [-0.4, -0.2) is 16.3 Å². The summed E-state index contributed by atoms with van der Waals surface area (Å²) >= 11 is 19.0. The van der Waals surface area contributed by atoms with Gasteiger partial charge in [0.25, 0.3) is 0 Å². The maximum Gasteiger partial charge on any atom is 0.317 e. The molecule has 0 aromatic heterocycles. The van der Waals surface area contributed by atoms with Gasteiger partial charge in [0, 0.05) is 20.0 Å². The van der Waals surface area contributed by atoms with Crippen LogP contribution in [0.1, 0.15) is 5.56 Å². The van der Waals surface area contributed by atoms with Crippen molar-refractivity contribution >= 4 is 52.5 Å². The smallest absolute Gasteiger partial charge is 0.317 e. The highest BCUT2D eigenvalue weighted by Crippen LogP contribution is 2.29. The lowest BCUT2D eigenvalue weighted by Gasteiger charge is -2.13. The van der Waals surface area contributed by atoms with Gasteiger partial charge < -0.3 is 5.11 Å². The summed E-state index contributed by atoms with van der Waals surface area (Å²) in [5, 5.41) is 10.4. The molecule has 0 bridgehead atoms. The van der Waals surface area contributed by atoms with E-state index in [1.54, 1.807) is 42.5 Å². The topological polar surface area (TPSA) is 37.3 Å². The molecule has 0 amide bonds. The third-order valence-corrected chi connectivity index (χ3v) is 4.60. The molecule has 0 spiro atoms. The van der Waals surface area contributed by atoms with Gasteiger partial charge in [-0.2, -0.15) is 0 Å². The van der Waals surface area contributed by atoms with Crippen LogP contribution in [0.5, 0.6) is 0 Å². The van der Waals surface area contributed by atoms with Crippen molar-refractivity contribution in [3.63, 3.8) is 0 Å². The summed E-state index contributed by atoms with van der Waals surface area (Å²) in [5.41, 5.74) is 0.793. The molecule has 110 valence electrons. The number of carboxylic acids is 1. The molecule has 0 aliphatic carbocycles. The monoisotopic (exact) mass is 360 g/mol. The lowest BCUT2D eigenvalue weighted by atomic mass is 10.1. The van der Waals surface area contributed by atoms with Crippen LogP contribution < -0.4 is 0 Å². The Labute approximate surface area is 142 Å². The molecule has 0 saturated heterocycles. The molecule has 1 atom stereocenters. The zero-order chi connectivity index (χ0) is 15.4. The molecule has 6 heteroatoms. The normalized spacial score (nSPS) is 12.1. The van der Waals surface area contributed by atoms with Crippen LogP contribution in [0.2, 0.25) is 15.1 Å². The van der Waals surface area contributed by atoms with E-state index in [4.69, 9.17) is 34.8 Å². The predicted molar refractivity (Wildman–Crippen MR) is 88.9 cm³/mol. The van der Waals surface area contributed by atoms with Crippen LogP contribution >= 0.6 is 46.6 Å². The molecule has 0 aliphatic rings. The Balaban J connectivity index is 2.15. The number of rotatable bonds is 5. The number of carbonyl (C=O) groups is 1. The molecule has 0 saturated carbocycles. The third kappa shape index (κ3) is 5.11. The van der Waals surface area contributed by atoms with Gasteiger partial charge in [-0.15, -0.1) is 11.8 Å². The molecule has 2 rings (SSSR count). The number of benzene rings is 2. The molecule has 0 fully saturated rings. The second-order valence-corrected chi connectivity index (χ2v) is 6.97. The number of aliphatic carboxylic acids is 1. The van der Waals surface area contributed by atoms with Gasteiger partial charge >= 0.3 is 5.97 Å². The van der Waals surface area contributed by atoms with E-state index in [1.807, 2.05) is 0 Å². The molecule has 1 N–H and O–H groups in total. The van der Waals surface area contributed by atoms with Crippen LogP contribution in [-0.2, 0) is 11.2 Å². The number of hydrogen-bond acceptors (Lipinski definition) is 2. The Hall–Kier alpha value is -0.870. The van der Waals surface area contributed by atoms with E-state index in [9.17, 15) is 9.90 Å². The van der Waals surface area contributed by atoms with Crippen molar-refractivity contribution < 1.29 is 9.90 Å². The molecular weight excluding hydrogens is 351 g/mol. The second kappa shape index (κ2) is 7.41. The number of hydrogen-bond donors (Lipinski definition) is 1. The molecule has 2 aromatic rings. The second-order valence-electron chi connectivity index (χ2n) is 4.38. The first-order valence-electron chi connectivity index (χ1n) is 6.04. The molecule has 21 heavy (non-hydrogen) atoms. The van der Waals surface area contributed by atoms with Gasteiger partial charge in [-0.1, -0.05) is 34.8 Å². The summed E-state index contributed by atoms with van der Waals surface area (Å²) in [6, 6.07) is 12.1. The lowest BCUT2D eigenvalue weighted by Crippen LogP contribution is -2.19. The number of halogens is 3. The molecule has 0 aliphatic heterocycles. The quantitative estimate of drug-likeness (QED) is 0.721. The van der Waals surface area contributed by atoms with Gasteiger partial charge in [0.2, 0.25) is 0 Å². The van der Waals surface area contributed by atoms with E-state index in [-0.39, 0.29) is 0 Å². The predicted octanol–water partition coefficient (Wildman–Crippen LogP) is 5.43. The van der Waals surface area contributed by atoms with Gasteiger partial charge in [0.15, 0.2) is 0 Å². The Morgan fingerprint density at radius 1 is 1.00 bits per heavy atom. The highest BCUT2D eigenvalue weighted by molar-refractivity contribution is 8.00. The minimum atomic E-state index is -0.883. The largest absolute Gasteiger partial charge is 0.480 e. The third-order valence-electron chi connectivity index (χ3n) is 2.71. The summed E-state index contributed by atoms with van der Waals surface area (Å²) in [5.74, 6) is -0.883. The Morgan fingerprint density at radius 2 is 1.57 bits per heavy atom. The minimum Gasteiger partial charge on any atom is -0.480 e. The van der Waals surface area contributed by atoms with Gasteiger partial charge in [0.05, 0.1) is 0 Å². The molecule has 0 radical (unpaired) electrons. The highest BCUT2D eigenvalue weighted by Gasteiger charge is 2.20. The van der Waals surface area contributed by atoms with Gasteiger partial charge in [-0.05, 0) is 54.4 Å². The average molecular weight is 362 g/mol. The average Bonchev–Trinajstić information content (AvgIpc) is 2.39. The first kappa shape index (κ1) is 16.5. The molecule has 2 nitrogen and oxygen atoms in total. The van der Waals surface area contributed by atoms with E-state index >= 15 is 0 Å². The van der Waals surface area contributed by atoms with Crippen LogP contribution in [0.15, 0.2) is 47.4 Å². The van der Waals surface area contributed by atoms with Crippen molar-refractivity contribution in [2.45, 2.75) is 16.6 Å². The minimum absolute atomic E-state index is 0.336. The van der Waals surface area contributed by atoms with Gasteiger partial charge in [0.1, 0.15) is 5.25 Å². The summed E-state index contributed by atoms with van der Waals surface area (Å²) < 4.78 is 0. The van der Waals surface area contributed by atoms with Gasteiger partial charge in [-0.3, -0.25) is 4.79 Å². The zero-order valence-corrected chi connectivity index (χ0v) is 13.8. The highest BCUT2D eigenvalue weighted by atomic mass is 35.5. The molecule has 0 heterocycles. The summed E-state index contributed by atoms with van der Waals surface area (Å²) in [4.78, 5) is 12.3. The van der Waals surface area contributed by atoms with Gasteiger partial charge in [-0.25, -0.2) is 0 Å². The summed E-state index contributed by atoms with van der Waals surface area (Å²) in [6.45, 7) is 0. The summed E-state index contributed by atoms with van der Waals surface area (Å²) in [6.07, 6.45) is 0.336. The Kier molecular flexibility index (Phi) is 5.82. The maximum absolute atomic E-state index is 11.4. The molecule has 1 unspecified atom stereocenters. The zero-order valence-electron chi connectivity index (χ0n) is 10.7. The fourth-order valence-electron chi connectivity index (χ4n) is 1.80. The van der Waals surface area contributed by atoms with Crippen molar-refractivity contribution in [1.29, 1.82) is 0 Å². The van der Waals surface area contributed by atoms with Crippen molar-refractivity contribution in [2.24, 2.45) is 0 Å². The van der Waals surface area contributed by atoms with Crippen molar-refractivity contribution in [2.75, 3.05) is 0 Å². The van der Waals surface area contributed by atoms with Crippen molar-refractivity contribution in [1.82, 2.24) is 0 Å². The maximum atomic E-state index is 11.4. The lowest BCUT2D eigenvalue weighted by molar-refractivity contribution is -0.136. The van der Waals surface area contributed by atoms with Crippen LogP contribution in [0.4, 0.5) is 0 Å². The first-order valence-corrected chi connectivity index (χ1v) is 8.05. The number of thioether (sulfide) groups is 1. The Morgan fingerprint density at radius 3 is 2.10 bits per heavy atom. The first-order chi connectivity index (χ1) is 9.94. The van der Waals surface area contributed by atoms with E-state index < -0.39 is 11.2 Å². The van der Waals surface area contributed by atoms with Crippen molar-refractivity contribution in [3.05, 3.63) is 63.1 Å². The Bertz CT molecular complexity index is 624. The van der Waals surface area contributed by atoms with E-state index in [0.717, 1.165) is 10.5 Å². The number of carboxylic acid groups (broad SMARTS) is 1. The molecular formula is C15H11Cl3O2S. The van der Waals surface area contributed by atoms with E-state index in [2.05, 4.69) is 0 Å². The van der Waals surface area contributed by atoms with Crippen LogP contribution in [0.3, 0.4) is 0 Å². The SMILES string of the molecule is O=C(O)C(Cc1cc(Cl)cc(Cl)c1)Sc1ccc(Cl)cc1. The standard InChI is InChI=1S/C15H11Cl3O2S/c16-10-1-3-13(4-2-10)21-14(15(19)20)7-9-5-11(17)8-12(18)6-9/h1-6,8,14H,7H2,(H,19,20). The van der Waals surface area contributed by atoms with E-state index in [1.165, 1.54) is 11.8 Å². The van der Waals surface area contributed by atoms with Crippen LogP contribution in [0.25, 0.3) is 0 Å².